The Labute approximate surface area is 203 Å². The molecule has 0 radical (unpaired) electrons. The molecule has 2 N–H and O–H groups in total. The van der Waals surface area contributed by atoms with E-state index in [4.69, 9.17) is 0 Å². The molecule has 0 aliphatic carbocycles. The number of hydrogen-bond acceptors (Lipinski definition) is 6. The van der Waals surface area contributed by atoms with Crippen molar-refractivity contribution in [3.63, 3.8) is 0 Å². The summed E-state index contributed by atoms with van der Waals surface area (Å²) in [6.07, 6.45) is 0. The van der Waals surface area contributed by atoms with Crippen LogP contribution < -0.4 is 10.6 Å². The van der Waals surface area contributed by atoms with Crippen LogP contribution in [0.3, 0.4) is 0 Å². The fourth-order valence-electron chi connectivity index (χ4n) is 2.88. The van der Waals surface area contributed by atoms with Gasteiger partial charge in [0.1, 0.15) is 0 Å². The molecule has 32 heavy (non-hydrogen) atoms. The topological polar surface area (TPSA) is 58.2 Å². The summed E-state index contributed by atoms with van der Waals surface area (Å²) in [5, 5.41) is 9.82. The van der Waals surface area contributed by atoms with E-state index in [2.05, 4.69) is 10.6 Å². The average Bonchev–Trinajstić information content (AvgIpc) is 3.53. The van der Waals surface area contributed by atoms with Crippen LogP contribution in [0.2, 0.25) is 0 Å². The molecule has 0 spiro atoms. The lowest BCUT2D eigenvalue weighted by atomic mass is 10.3. The normalized spacial score (nSPS) is 10.6. The van der Waals surface area contributed by atoms with Gasteiger partial charge in [-0.2, -0.15) is 0 Å². The number of thioether (sulfide) groups is 2. The van der Waals surface area contributed by atoms with E-state index in [0.717, 1.165) is 32.7 Å². The second-order valence-electron chi connectivity index (χ2n) is 6.55. The van der Waals surface area contributed by atoms with Crippen LogP contribution in [0.5, 0.6) is 0 Å². The lowest BCUT2D eigenvalue weighted by Gasteiger charge is -2.12. The summed E-state index contributed by atoms with van der Waals surface area (Å²) in [6, 6.07) is 23.1. The van der Waals surface area contributed by atoms with Crippen molar-refractivity contribution in [2.75, 3.05) is 22.1 Å². The van der Waals surface area contributed by atoms with Gasteiger partial charge < -0.3 is 10.6 Å². The number of anilines is 2. The van der Waals surface area contributed by atoms with E-state index in [0.29, 0.717) is 9.75 Å². The van der Waals surface area contributed by atoms with E-state index in [1.807, 2.05) is 83.6 Å². The minimum Gasteiger partial charge on any atom is -0.320 e. The highest BCUT2D eigenvalue weighted by atomic mass is 32.2. The molecule has 162 valence electrons. The maximum Gasteiger partial charge on any atom is 0.265 e. The predicted octanol–water partition coefficient (Wildman–Crippen LogP) is 7.20. The third-order valence-corrected chi connectivity index (χ3v) is 8.51. The molecule has 0 fully saturated rings. The van der Waals surface area contributed by atoms with Crippen molar-refractivity contribution in [1.29, 1.82) is 0 Å². The van der Waals surface area contributed by atoms with Crippen molar-refractivity contribution in [3.05, 3.63) is 93.3 Å². The van der Waals surface area contributed by atoms with E-state index >= 15 is 0 Å². The minimum atomic E-state index is -0.0853. The molecule has 0 unspecified atom stereocenters. The van der Waals surface area contributed by atoms with Crippen molar-refractivity contribution in [3.8, 4) is 0 Å². The molecule has 0 saturated carbocycles. The lowest BCUT2D eigenvalue weighted by Crippen LogP contribution is -2.11. The highest BCUT2D eigenvalue weighted by Gasteiger charge is 2.12. The Morgan fingerprint density at radius 1 is 0.625 bits per heavy atom. The second-order valence-corrected chi connectivity index (χ2v) is 10.7. The molecular weight excluding hydrogens is 477 g/mol. The summed E-state index contributed by atoms with van der Waals surface area (Å²) in [5.41, 5.74) is 1.65. The van der Waals surface area contributed by atoms with E-state index in [9.17, 15) is 9.59 Å². The van der Waals surface area contributed by atoms with Gasteiger partial charge in [-0.3, -0.25) is 9.59 Å². The first-order valence-corrected chi connectivity index (χ1v) is 13.6. The Morgan fingerprint density at radius 3 is 1.47 bits per heavy atom. The maximum absolute atomic E-state index is 12.4. The van der Waals surface area contributed by atoms with Crippen molar-refractivity contribution in [2.45, 2.75) is 9.79 Å². The van der Waals surface area contributed by atoms with Crippen molar-refractivity contribution in [2.24, 2.45) is 0 Å². The van der Waals surface area contributed by atoms with E-state index in [1.165, 1.54) is 22.7 Å². The monoisotopic (exact) mass is 496 g/mol. The zero-order chi connectivity index (χ0) is 22.2. The van der Waals surface area contributed by atoms with Crippen LogP contribution >= 0.6 is 46.2 Å². The Hall–Kier alpha value is -2.52. The molecule has 4 rings (SSSR count). The number of para-hydroxylation sites is 2. The predicted molar refractivity (Wildman–Crippen MR) is 139 cm³/mol. The molecular formula is C24H20N2O2S4. The largest absolute Gasteiger partial charge is 0.320 e. The van der Waals surface area contributed by atoms with Gasteiger partial charge in [0, 0.05) is 21.3 Å². The molecule has 0 saturated heterocycles. The highest BCUT2D eigenvalue weighted by molar-refractivity contribution is 8.03. The summed E-state index contributed by atoms with van der Waals surface area (Å²) in [5.74, 6) is 1.56. The molecule has 2 aromatic carbocycles. The number of thiophene rings is 2. The molecule has 4 nitrogen and oxygen atoms in total. The molecule has 2 aromatic heterocycles. The van der Waals surface area contributed by atoms with Gasteiger partial charge in [0.15, 0.2) is 0 Å². The third-order valence-electron chi connectivity index (χ3n) is 4.36. The van der Waals surface area contributed by atoms with Crippen LogP contribution in [0, 0.1) is 0 Å². The summed E-state index contributed by atoms with van der Waals surface area (Å²) in [4.78, 5) is 28.3. The van der Waals surface area contributed by atoms with Gasteiger partial charge in [-0.25, -0.2) is 0 Å². The first-order chi connectivity index (χ1) is 15.7. The van der Waals surface area contributed by atoms with Gasteiger partial charge in [-0.05, 0) is 47.2 Å². The molecule has 2 heterocycles. The molecule has 8 heteroatoms. The Balaban J connectivity index is 1.32. The third kappa shape index (κ3) is 6.04. The number of carbonyl (C=O) groups is 2. The second kappa shape index (κ2) is 11.4. The first kappa shape index (κ1) is 22.7. The van der Waals surface area contributed by atoms with Crippen molar-refractivity contribution < 1.29 is 9.59 Å². The van der Waals surface area contributed by atoms with Crippen LogP contribution in [0.25, 0.3) is 0 Å². The Kier molecular flexibility index (Phi) is 8.06. The first-order valence-electron chi connectivity index (χ1n) is 9.84. The molecule has 0 aliphatic rings. The smallest absolute Gasteiger partial charge is 0.265 e. The van der Waals surface area contributed by atoms with Gasteiger partial charge in [-0.15, -0.1) is 46.2 Å². The van der Waals surface area contributed by atoms with E-state index in [-0.39, 0.29) is 11.8 Å². The Bertz CT molecular complexity index is 1080. The van der Waals surface area contributed by atoms with Crippen LogP contribution in [-0.4, -0.2) is 23.3 Å². The van der Waals surface area contributed by atoms with Gasteiger partial charge >= 0.3 is 0 Å². The number of benzene rings is 2. The number of carbonyl (C=O) groups excluding carboxylic acids is 2. The molecule has 0 atom stereocenters. The van der Waals surface area contributed by atoms with Gasteiger partial charge in [0.25, 0.3) is 11.8 Å². The number of rotatable bonds is 9. The molecule has 4 aromatic rings. The van der Waals surface area contributed by atoms with E-state index in [1.54, 1.807) is 23.5 Å². The quantitative estimate of drug-likeness (QED) is 0.190. The van der Waals surface area contributed by atoms with Crippen LogP contribution in [0.15, 0.2) is 93.3 Å². The van der Waals surface area contributed by atoms with Crippen LogP contribution in [0.4, 0.5) is 11.4 Å². The SMILES string of the molecule is O=C(Nc1ccccc1SCCSc1ccccc1NC(=O)c1cccs1)c1cccs1. The zero-order valence-electron chi connectivity index (χ0n) is 16.9. The molecule has 0 bridgehead atoms. The van der Waals surface area contributed by atoms with E-state index < -0.39 is 0 Å². The molecule has 0 aliphatic heterocycles. The lowest BCUT2D eigenvalue weighted by molar-refractivity contribution is 0.102. The summed E-state index contributed by atoms with van der Waals surface area (Å²) >= 11 is 6.27. The minimum absolute atomic E-state index is 0.0853. The number of hydrogen-bond donors (Lipinski definition) is 2. The average molecular weight is 497 g/mol. The summed E-state index contributed by atoms with van der Waals surface area (Å²) in [6.45, 7) is 0. The van der Waals surface area contributed by atoms with Gasteiger partial charge in [-0.1, -0.05) is 36.4 Å². The van der Waals surface area contributed by atoms with Gasteiger partial charge in [0.2, 0.25) is 0 Å². The summed E-state index contributed by atoms with van der Waals surface area (Å²) in [7, 11) is 0. The van der Waals surface area contributed by atoms with Crippen LogP contribution in [0.1, 0.15) is 19.3 Å². The standard InChI is InChI=1S/C24H20N2O2S4/c27-23(21-11-5-13-29-21)25-17-7-1-3-9-19(17)31-15-16-32-20-10-4-2-8-18(20)26-24(28)22-12-6-14-30-22/h1-14H,15-16H2,(H,25,27)(H,26,28). The highest BCUT2D eigenvalue weighted by Crippen LogP contribution is 2.32. The fourth-order valence-corrected chi connectivity index (χ4v) is 6.12. The number of amides is 2. The summed E-state index contributed by atoms with van der Waals surface area (Å²) < 4.78 is 0. The van der Waals surface area contributed by atoms with Gasteiger partial charge in [0.05, 0.1) is 21.1 Å². The number of nitrogens with one attached hydrogen (secondary N) is 2. The maximum atomic E-state index is 12.4. The Morgan fingerprint density at radius 2 is 1.06 bits per heavy atom. The fraction of sp³-hybridized carbons (Fsp3) is 0.0833. The zero-order valence-corrected chi connectivity index (χ0v) is 20.2. The molecule has 2 amide bonds. The van der Waals surface area contributed by atoms with Crippen molar-refractivity contribution in [1.82, 2.24) is 0 Å². The van der Waals surface area contributed by atoms with Crippen LogP contribution in [-0.2, 0) is 0 Å². The van der Waals surface area contributed by atoms with Crippen molar-refractivity contribution >= 4 is 69.4 Å².